The van der Waals surface area contributed by atoms with E-state index in [1.807, 2.05) is 11.1 Å². The number of H-pyrrole nitrogens is 1. The molecule has 1 saturated carbocycles. The Morgan fingerprint density at radius 3 is 3.04 bits per heavy atom. The largest absolute Gasteiger partial charge is 0.380 e. The van der Waals surface area contributed by atoms with Gasteiger partial charge >= 0.3 is 0 Å². The molecule has 1 amide bonds. The molecule has 0 bridgehead atoms. The van der Waals surface area contributed by atoms with Gasteiger partial charge in [0.15, 0.2) is 0 Å². The van der Waals surface area contributed by atoms with Gasteiger partial charge in [-0.05, 0) is 62.7 Å². The molecule has 2 aromatic heterocycles. The van der Waals surface area contributed by atoms with Crippen LogP contribution in [0.15, 0.2) is 31.1 Å². The van der Waals surface area contributed by atoms with Crippen LogP contribution < -0.4 is 5.32 Å². The molecule has 1 aliphatic heterocycles. The number of nitrogens with zero attached hydrogens (tertiary/aromatic N) is 2. The fourth-order valence-electron chi connectivity index (χ4n) is 3.91. The number of hydrogen-bond donors (Lipinski definition) is 2. The highest BCUT2D eigenvalue weighted by molar-refractivity contribution is 5.92. The van der Waals surface area contributed by atoms with Gasteiger partial charge in [-0.3, -0.25) is 4.79 Å². The molecule has 2 aromatic rings. The molecular weight excluding hydrogens is 312 g/mol. The number of nitrogens with one attached hydrogen (secondary N) is 2. The van der Waals surface area contributed by atoms with Gasteiger partial charge in [0.1, 0.15) is 5.65 Å². The van der Waals surface area contributed by atoms with Crippen LogP contribution in [-0.4, -0.2) is 39.4 Å². The second-order valence-electron chi connectivity index (χ2n) is 7.51. The van der Waals surface area contributed by atoms with E-state index in [0.717, 1.165) is 43.1 Å². The molecule has 2 fully saturated rings. The molecule has 1 saturated heterocycles. The highest BCUT2D eigenvalue weighted by Gasteiger charge is 2.28. The smallest absolute Gasteiger partial charge is 0.246 e. The number of rotatable bonds is 5. The normalized spacial score (nSPS) is 23.6. The molecular formula is C20H26N4O. The fraction of sp³-hybridized carbons (Fsp3) is 0.500. The number of piperidine rings is 1. The molecule has 1 aliphatic carbocycles. The Kier molecular flexibility index (Phi) is 4.24. The zero-order valence-corrected chi connectivity index (χ0v) is 14.8. The summed E-state index contributed by atoms with van der Waals surface area (Å²) in [5.41, 5.74) is 3.44. The summed E-state index contributed by atoms with van der Waals surface area (Å²) in [6, 6.07) is 2.60. The number of aromatic amines is 1. The average molecular weight is 338 g/mol. The Hall–Kier alpha value is -2.30. The SMILES string of the molecule is C=CC(=O)N1CC(Nc2ccnc3[nH]cc(CC4CC4)c23)CCC1C. The van der Waals surface area contributed by atoms with Gasteiger partial charge in [-0.2, -0.15) is 0 Å². The number of aromatic nitrogens is 2. The molecule has 3 heterocycles. The molecule has 2 unspecified atom stereocenters. The number of likely N-dealkylation sites (tertiary alicyclic amines) is 1. The molecule has 2 N–H and O–H groups in total. The minimum absolute atomic E-state index is 0.0231. The van der Waals surface area contributed by atoms with E-state index in [1.165, 1.54) is 29.9 Å². The van der Waals surface area contributed by atoms with Crippen LogP contribution in [0, 0.1) is 5.92 Å². The summed E-state index contributed by atoms with van der Waals surface area (Å²) in [6.45, 7) is 6.47. The van der Waals surface area contributed by atoms with Crippen molar-refractivity contribution in [3.8, 4) is 0 Å². The Bertz CT molecular complexity index is 792. The third-order valence-electron chi connectivity index (χ3n) is 5.56. The third kappa shape index (κ3) is 3.28. The van der Waals surface area contributed by atoms with E-state index in [4.69, 9.17) is 0 Å². The first-order valence-corrected chi connectivity index (χ1v) is 9.30. The molecule has 0 aromatic carbocycles. The standard InChI is InChI=1S/C20H26N4O/c1-3-18(25)24-12-16(7-4-13(24)2)23-17-8-9-21-20-19(17)15(11-22-20)10-14-5-6-14/h3,8-9,11,13-14,16H,1,4-7,10,12H2,2H3,(H2,21,22,23). The van der Waals surface area contributed by atoms with Crippen LogP contribution in [0.4, 0.5) is 5.69 Å². The van der Waals surface area contributed by atoms with E-state index in [-0.39, 0.29) is 18.0 Å². The maximum absolute atomic E-state index is 12.1. The van der Waals surface area contributed by atoms with Crippen LogP contribution >= 0.6 is 0 Å². The Morgan fingerprint density at radius 2 is 2.28 bits per heavy atom. The van der Waals surface area contributed by atoms with E-state index >= 15 is 0 Å². The van der Waals surface area contributed by atoms with Gasteiger partial charge in [-0.25, -0.2) is 4.98 Å². The number of anilines is 1. The predicted octanol–water partition coefficient (Wildman–Crippen LogP) is 3.49. The van der Waals surface area contributed by atoms with E-state index in [9.17, 15) is 4.79 Å². The lowest BCUT2D eigenvalue weighted by Crippen LogP contribution is -2.49. The highest BCUT2D eigenvalue weighted by Crippen LogP contribution is 2.36. The lowest BCUT2D eigenvalue weighted by molar-refractivity contribution is -0.129. The first-order valence-electron chi connectivity index (χ1n) is 9.30. The molecule has 132 valence electrons. The zero-order chi connectivity index (χ0) is 17.4. The van der Waals surface area contributed by atoms with Crippen molar-refractivity contribution in [3.05, 3.63) is 36.7 Å². The van der Waals surface area contributed by atoms with E-state index in [2.05, 4.69) is 41.1 Å². The van der Waals surface area contributed by atoms with Gasteiger partial charge in [0.05, 0.1) is 0 Å². The Labute approximate surface area is 148 Å². The molecule has 2 atom stereocenters. The van der Waals surface area contributed by atoms with Crippen molar-refractivity contribution in [2.24, 2.45) is 5.92 Å². The molecule has 5 heteroatoms. The zero-order valence-electron chi connectivity index (χ0n) is 14.8. The van der Waals surface area contributed by atoms with Gasteiger partial charge in [0.2, 0.25) is 5.91 Å². The summed E-state index contributed by atoms with van der Waals surface area (Å²) in [7, 11) is 0. The minimum Gasteiger partial charge on any atom is -0.380 e. The molecule has 0 radical (unpaired) electrons. The van der Waals surface area contributed by atoms with E-state index in [0.29, 0.717) is 0 Å². The number of carbonyl (C=O) groups excluding carboxylic acids is 1. The third-order valence-corrected chi connectivity index (χ3v) is 5.56. The Balaban J connectivity index is 1.56. The quantitative estimate of drug-likeness (QED) is 0.820. The van der Waals surface area contributed by atoms with E-state index < -0.39 is 0 Å². The monoisotopic (exact) mass is 338 g/mol. The molecule has 5 nitrogen and oxygen atoms in total. The first kappa shape index (κ1) is 16.2. The van der Waals surface area contributed by atoms with Crippen molar-refractivity contribution in [3.63, 3.8) is 0 Å². The fourth-order valence-corrected chi connectivity index (χ4v) is 3.91. The number of hydrogen-bond acceptors (Lipinski definition) is 3. The van der Waals surface area contributed by atoms with Crippen molar-refractivity contribution in [2.75, 3.05) is 11.9 Å². The van der Waals surface area contributed by atoms with Crippen molar-refractivity contribution < 1.29 is 4.79 Å². The first-order chi connectivity index (χ1) is 12.2. The molecule has 2 aliphatic rings. The number of amides is 1. The summed E-state index contributed by atoms with van der Waals surface area (Å²) in [5, 5.41) is 4.90. The maximum atomic E-state index is 12.1. The lowest BCUT2D eigenvalue weighted by Gasteiger charge is -2.38. The second kappa shape index (κ2) is 6.54. The highest BCUT2D eigenvalue weighted by atomic mass is 16.2. The summed E-state index contributed by atoms with van der Waals surface area (Å²) >= 11 is 0. The van der Waals surface area contributed by atoms with Crippen molar-refractivity contribution in [1.82, 2.24) is 14.9 Å². The molecule has 25 heavy (non-hydrogen) atoms. The van der Waals surface area contributed by atoms with Crippen molar-refractivity contribution in [1.29, 1.82) is 0 Å². The number of pyridine rings is 1. The number of carbonyl (C=O) groups is 1. The van der Waals surface area contributed by atoms with Gasteiger partial charge in [-0.15, -0.1) is 0 Å². The predicted molar refractivity (Wildman–Crippen MR) is 101 cm³/mol. The average Bonchev–Trinajstić information content (AvgIpc) is 3.34. The van der Waals surface area contributed by atoms with Crippen molar-refractivity contribution >= 4 is 22.6 Å². The Morgan fingerprint density at radius 1 is 1.44 bits per heavy atom. The van der Waals surface area contributed by atoms with E-state index in [1.54, 1.807) is 0 Å². The van der Waals surface area contributed by atoms with Crippen LogP contribution in [0.1, 0.15) is 38.2 Å². The van der Waals surface area contributed by atoms with Crippen LogP contribution in [0.5, 0.6) is 0 Å². The van der Waals surface area contributed by atoms with Gasteiger partial charge in [-0.1, -0.05) is 6.58 Å². The second-order valence-corrected chi connectivity index (χ2v) is 7.51. The topological polar surface area (TPSA) is 61.0 Å². The summed E-state index contributed by atoms with van der Waals surface area (Å²) in [5.74, 6) is 0.859. The molecule has 0 spiro atoms. The van der Waals surface area contributed by atoms with Gasteiger partial charge in [0, 0.05) is 42.1 Å². The summed E-state index contributed by atoms with van der Waals surface area (Å²) in [6.07, 6.45) is 11.3. The minimum atomic E-state index is 0.0231. The van der Waals surface area contributed by atoms with Crippen LogP contribution in [0.3, 0.4) is 0 Å². The van der Waals surface area contributed by atoms with Gasteiger partial charge in [0.25, 0.3) is 0 Å². The lowest BCUT2D eigenvalue weighted by atomic mass is 9.98. The summed E-state index contributed by atoms with van der Waals surface area (Å²) < 4.78 is 0. The van der Waals surface area contributed by atoms with Gasteiger partial charge < -0.3 is 15.2 Å². The van der Waals surface area contributed by atoms with Crippen LogP contribution in [0.2, 0.25) is 0 Å². The maximum Gasteiger partial charge on any atom is 0.246 e. The van der Waals surface area contributed by atoms with Crippen LogP contribution in [0.25, 0.3) is 11.0 Å². The molecule has 4 rings (SSSR count). The van der Waals surface area contributed by atoms with Crippen LogP contribution in [-0.2, 0) is 11.2 Å². The number of fused-ring (bicyclic) bond motifs is 1. The van der Waals surface area contributed by atoms with Crippen molar-refractivity contribution in [2.45, 2.75) is 51.1 Å². The summed E-state index contributed by atoms with van der Waals surface area (Å²) in [4.78, 5) is 21.8.